The number of rotatable bonds is 5. The summed E-state index contributed by atoms with van der Waals surface area (Å²) in [5.41, 5.74) is 1.28. The number of phenolic OH excluding ortho intramolecular Hbond substituents is 1. The second kappa shape index (κ2) is 9.07. The molecule has 22 heavy (non-hydrogen) atoms. The van der Waals surface area contributed by atoms with E-state index in [1.165, 1.54) is 6.07 Å². The van der Waals surface area contributed by atoms with Crippen molar-refractivity contribution in [2.24, 2.45) is 0 Å². The Bertz CT molecular complexity index is 655. The van der Waals surface area contributed by atoms with Gasteiger partial charge < -0.3 is 15.5 Å². The van der Waals surface area contributed by atoms with Gasteiger partial charge in [-0.25, -0.2) is 4.79 Å². The van der Waals surface area contributed by atoms with Gasteiger partial charge in [-0.2, -0.15) is 0 Å². The van der Waals surface area contributed by atoms with Crippen molar-refractivity contribution in [2.45, 2.75) is 12.8 Å². The third kappa shape index (κ3) is 5.55. The average Bonchev–Trinajstić information content (AvgIpc) is 2.47. The summed E-state index contributed by atoms with van der Waals surface area (Å²) >= 11 is 0. The summed E-state index contributed by atoms with van der Waals surface area (Å²) < 4.78 is 0. The van der Waals surface area contributed by atoms with Gasteiger partial charge in [0.15, 0.2) is 0 Å². The zero-order valence-electron chi connectivity index (χ0n) is 12.2. The molecule has 109 valence electrons. The Morgan fingerprint density at radius 2 is 1.64 bits per heavy atom. The third-order valence-electron chi connectivity index (χ3n) is 3.01. The van der Waals surface area contributed by atoms with Crippen LogP contribution >= 0.6 is 0 Å². The summed E-state index contributed by atoms with van der Waals surface area (Å²) in [6.45, 7) is 0. The monoisotopic (exact) mass is 324 g/mol. The number of carboxylic acids is 1. The number of phenols is 1. The van der Waals surface area contributed by atoms with E-state index in [4.69, 9.17) is 5.11 Å². The van der Waals surface area contributed by atoms with Gasteiger partial charge in [-0.1, -0.05) is 24.3 Å². The fraction of sp³-hybridized carbons (Fsp3) is 0.125. The van der Waals surface area contributed by atoms with Crippen molar-refractivity contribution in [1.82, 2.24) is 0 Å². The molecular weight excluding hydrogens is 309 g/mol. The minimum Gasteiger partial charge on any atom is -0.508 e. The van der Waals surface area contributed by atoms with Crippen LogP contribution in [0.1, 0.15) is 22.3 Å². The Morgan fingerprint density at radius 1 is 1.00 bits per heavy atom. The van der Waals surface area contributed by atoms with E-state index in [0.717, 1.165) is 5.56 Å². The van der Waals surface area contributed by atoms with Gasteiger partial charge in [-0.3, -0.25) is 4.79 Å². The molecule has 5 nitrogen and oxygen atoms in total. The van der Waals surface area contributed by atoms with Crippen molar-refractivity contribution >= 4 is 68.9 Å². The largest absolute Gasteiger partial charge is 0.508 e. The summed E-state index contributed by atoms with van der Waals surface area (Å²) in [4.78, 5) is 22.9. The number of nitrogens with one attached hydrogen (secondary N) is 1. The Labute approximate surface area is 170 Å². The third-order valence-corrected chi connectivity index (χ3v) is 3.01. The van der Waals surface area contributed by atoms with Gasteiger partial charge in [-0.05, 0) is 36.2 Å². The number of aryl methyl sites for hydroxylation is 1. The zero-order chi connectivity index (χ0) is 15.2. The van der Waals surface area contributed by atoms with Crippen molar-refractivity contribution in [3.05, 3.63) is 59.7 Å². The minimum atomic E-state index is -1.08. The first-order valence-electron chi connectivity index (χ1n) is 6.46. The Hall–Kier alpha value is -1.18. The zero-order valence-corrected chi connectivity index (χ0v) is 15.4. The molecule has 0 aromatic heterocycles. The van der Waals surface area contributed by atoms with Crippen molar-refractivity contribution < 1.29 is 19.8 Å². The summed E-state index contributed by atoms with van der Waals surface area (Å²) in [5.74, 6) is -1.15. The average molecular weight is 324 g/mol. The Kier molecular flexibility index (Phi) is 7.78. The topological polar surface area (TPSA) is 86.6 Å². The van der Waals surface area contributed by atoms with E-state index in [0.29, 0.717) is 12.1 Å². The van der Waals surface area contributed by atoms with Crippen LogP contribution in [-0.2, 0) is 11.2 Å². The molecule has 2 aromatic carbocycles. The predicted molar refractivity (Wildman–Crippen MR) is 84.2 cm³/mol. The molecule has 0 unspecified atom stereocenters. The number of hydrogen-bond acceptors (Lipinski definition) is 3. The first kappa shape index (κ1) is 18.9. The SMILES string of the molecule is O=C(CCc1ccc(O)cc1)Nc1ccccc1C(=O)O.[K]. The van der Waals surface area contributed by atoms with E-state index in [1.54, 1.807) is 42.5 Å². The Balaban J connectivity index is 0.00000242. The van der Waals surface area contributed by atoms with Gasteiger partial charge in [0.1, 0.15) is 5.75 Å². The van der Waals surface area contributed by atoms with E-state index < -0.39 is 5.97 Å². The minimum absolute atomic E-state index is 0. The van der Waals surface area contributed by atoms with Crippen LogP contribution in [0.15, 0.2) is 48.5 Å². The van der Waals surface area contributed by atoms with Crippen LogP contribution in [0.3, 0.4) is 0 Å². The number of benzene rings is 2. The van der Waals surface area contributed by atoms with Crippen LogP contribution in [0, 0.1) is 0 Å². The number of aromatic hydroxyl groups is 1. The van der Waals surface area contributed by atoms with Gasteiger partial charge in [0, 0.05) is 57.8 Å². The maximum atomic E-state index is 11.9. The van der Waals surface area contributed by atoms with Gasteiger partial charge in [0.25, 0.3) is 0 Å². The Morgan fingerprint density at radius 3 is 2.27 bits per heavy atom. The molecule has 2 aromatic rings. The van der Waals surface area contributed by atoms with Crippen LogP contribution in [0.25, 0.3) is 0 Å². The number of amides is 1. The van der Waals surface area contributed by atoms with Gasteiger partial charge in [0.05, 0.1) is 11.3 Å². The predicted octanol–water partition coefficient (Wildman–Crippen LogP) is 2.28. The number of aromatic carboxylic acids is 1. The summed E-state index contributed by atoms with van der Waals surface area (Å²) in [6, 6.07) is 12.9. The fourth-order valence-corrected chi connectivity index (χ4v) is 1.91. The summed E-state index contributed by atoms with van der Waals surface area (Å²) in [6.07, 6.45) is 0.750. The van der Waals surface area contributed by atoms with Crippen LogP contribution in [0.4, 0.5) is 5.69 Å². The van der Waals surface area contributed by atoms with Crippen LogP contribution in [0.5, 0.6) is 5.75 Å². The molecule has 0 aliphatic rings. The quantitative estimate of drug-likeness (QED) is 0.737. The maximum Gasteiger partial charge on any atom is 0.337 e. The molecule has 1 amide bonds. The second-order valence-electron chi connectivity index (χ2n) is 4.57. The molecule has 0 bridgehead atoms. The first-order valence-corrected chi connectivity index (χ1v) is 6.46. The summed E-state index contributed by atoms with van der Waals surface area (Å²) in [7, 11) is 0. The van der Waals surface area contributed by atoms with Crippen molar-refractivity contribution in [3.63, 3.8) is 0 Å². The van der Waals surface area contributed by atoms with Crippen molar-refractivity contribution in [3.8, 4) is 5.75 Å². The van der Waals surface area contributed by atoms with Crippen LogP contribution < -0.4 is 5.32 Å². The molecule has 0 saturated heterocycles. The molecule has 0 aliphatic heterocycles. The van der Waals surface area contributed by atoms with E-state index in [-0.39, 0.29) is 75.0 Å². The number of carboxylic acid groups (broad SMARTS) is 1. The van der Waals surface area contributed by atoms with Crippen LogP contribution in [-0.4, -0.2) is 73.5 Å². The summed E-state index contributed by atoms with van der Waals surface area (Å²) in [5, 5.41) is 20.8. The molecule has 0 saturated carbocycles. The molecule has 0 fully saturated rings. The van der Waals surface area contributed by atoms with E-state index >= 15 is 0 Å². The fourth-order valence-electron chi connectivity index (χ4n) is 1.91. The molecule has 0 spiro atoms. The van der Waals surface area contributed by atoms with Crippen molar-refractivity contribution in [2.75, 3.05) is 5.32 Å². The maximum absolute atomic E-state index is 11.9. The van der Waals surface area contributed by atoms with Gasteiger partial charge in [-0.15, -0.1) is 0 Å². The molecule has 0 atom stereocenters. The van der Waals surface area contributed by atoms with Gasteiger partial charge >= 0.3 is 5.97 Å². The number of hydrogen-bond donors (Lipinski definition) is 3. The van der Waals surface area contributed by atoms with Crippen molar-refractivity contribution in [1.29, 1.82) is 0 Å². The second-order valence-corrected chi connectivity index (χ2v) is 4.57. The number of carbonyl (C=O) groups excluding carboxylic acids is 1. The first-order chi connectivity index (χ1) is 10.1. The molecule has 0 heterocycles. The molecule has 3 N–H and O–H groups in total. The van der Waals surface area contributed by atoms with Gasteiger partial charge in [0.2, 0.25) is 5.91 Å². The number of anilines is 1. The molecule has 2 rings (SSSR count). The van der Waals surface area contributed by atoms with E-state index in [9.17, 15) is 14.7 Å². The normalized spacial score (nSPS) is 9.64. The standard InChI is InChI=1S/C16H15NO4.K/c18-12-8-5-11(6-9-12)7-10-15(19)17-14-4-2-1-3-13(14)16(20)21;/h1-6,8-9,18H,7,10H2,(H,17,19)(H,20,21);. The molecular formula is C16H15KNO4. The smallest absolute Gasteiger partial charge is 0.337 e. The number of carbonyl (C=O) groups is 2. The van der Waals surface area contributed by atoms with E-state index in [2.05, 4.69) is 5.32 Å². The number of para-hydroxylation sites is 1. The van der Waals surface area contributed by atoms with E-state index in [1.807, 2.05) is 0 Å². The molecule has 0 aliphatic carbocycles. The molecule has 6 heteroatoms. The molecule has 1 radical (unpaired) electrons. The van der Waals surface area contributed by atoms with Crippen LogP contribution in [0.2, 0.25) is 0 Å².